The topological polar surface area (TPSA) is 176 Å². The van der Waals surface area contributed by atoms with E-state index in [0.717, 1.165) is 51.6 Å². The van der Waals surface area contributed by atoms with Crippen LogP contribution in [0.1, 0.15) is 148 Å². The molecule has 0 aromatic heterocycles. The number of rotatable bonds is 32. The first-order valence-electron chi connectivity index (χ1n) is 21.9. The number of aliphatic hydroxyl groups is 6. The summed E-state index contributed by atoms with van der Waals surface area (Å²) in [6.07, 6.45) is 16.7. The molecule has 53 heavy (non-hydrogen) atoms. The summed E-state index contributed by atoms with van der Waals surface area (Å²) in [6.45, 7) is 8.37. The minimum Gasteiger partial charge on any atom is -0.394 e. The lowest BCUT2D eigenvalue weighted by Crippen LogP contribution is -2.67. The van der Waals surface area contributed by atoms with Crippen molar-refractivity contribution in [2.24, 2.45) is 0 Å². The molecule has 12 nitrogen and oxygen atoms in total. The molecule has 0 aromatic carbocycles. The molecule has 8 atom stereocenters. The van der Waals surface area contributed by atoms with Gasteiger partial charge in [0.25, 0.3) is 0 Å². The van der Waals surface area contributed by atoms with E-state index in [0.29, 0.717) is 19.6 Å². The van der Waals surface area contributed by atoms with Crippen molar-refractivity contribution in [3.8, 4) is 0 Å². The Morgan fingerprint density at radius 1 is 0.736 bits per heavy atom. The van der Waals surface area contributed by atoms with E-state index < -0.39 is 55.6 Å². The number of aliphatic hydroxyl groups excluding tert-OH is 6. The fraction of sp³-hybridized carbons (Fsp3) is 1.00. The van der Waals surface area contributed by atoms with Gasteiger partial charge in [-0.25, -0.2) is 0 Å². The Kier molecular flexibility index (Phi) is 24.8. The summed E-state index contributed by atoms with van der Waals surface area (Å²) in [5.74, 6) is 0. The van der Waals surface area contributed by atoms with Crippen LogP contribution in [0.5, 0.6) is 0 Å². The van der Waals surface area contributed by atoms with Crippen LogP contribution in [0.15, 0.2) is 0 Å². The number of unbranched alkanes of at least 4 members (excludes halogenated alkanes) is 18. The largest absolute Gasteiger partial charge is 0.394 e. The van der Waals surface area contributed by atoms with Gasteiger partial charge in [0, 0.05) is 26.2 Å². The smallest absolute Gasteiger partial charge is 0.186 e. The Bertz CT molecular complexity index is 880. The van der Waals surface area contributed by atoms with Crippen LogP contribution in [0, 0.1) is 0 Å². The zero-order valence-corrected chi connectivity index (χ0v) is 33.4. The van der Waals surface area contributed by atoms with Gasteiger partial charge in [-0.1, -0.05) is 129 Å². The third-order valence-electron chi connectivity index (χ3n) is 11.8. The summed E-state index contributed by atoms with van der Waals surface area (Å²) in [6, 6.07) is -0.695. The molecule has 8 N–H and O–H groups in total. The van der Waals surface area contributed by atoms with Crippen molar-refractivity contribution in [1.29, 1.82) is 0 Å². The van der Waals surface area contributed by atoms with Gasteiger partial charge in [0.2, 0.25) is 0 Å². The van der Waals surface area contributed by atoms with Crippen molar-refractivity contribution in [3.05, 3.63) is 0 Å². The molecule has 0 aliphatic carbocycles. The molecule has 3 aliphatic rings. The second kappa shape index (κ2) is 28.0. The molecule has 3 heterocycles. The van der Waals surface area contributed by atoms with Gasteiger partial charge in [0.1, 0.15) is 24.4 Å². The molecule has 0 bridgehead atoms. The molecule has 0 aromatic rings. The van der Waals surface area contributed by atoms with Crippen LogP contribution in [0.4, 0.5) is 0 Å². The van der Waals surface area contributed by atoms with Gasteiger partial charge in [-0.05, 0) is 25.8 Å². The first-order valence-corrected chi connectivity index (χ1v) is 21.9. The molecule has 5 unspecified atom stereocenters. The molecule has 3 fully saturated rings. The molecular weight excluding hydrogens is 678 g/mol. The van der Waals surface area contributed by atoms with E-state index in [1.54, 1.807) is 0 Å². The minimum absolute atomic E-state index is 0.115. The van der Waals surface area contributed by atoms with Gasteiger partial charge in [0.05, 0.1) is 50.2 Å². The van der Waals surface area contributed by atoms with Crippen molar-refractivity contribution in [2.75, 3.05) is 59.2 Å². The fourth-order valence-corrected chi connectivity index (χ4v) is 8.10. The Labute approximate surface area is 321 Å². The van der Waals surface area contributed by atoms with Crippen LogP contribution in [0.3, 0.4) is 0 Å². The highest BCUT2D eigenvalue weighted by atomic mass is 16.7. The zero-order chi connectivity index (χ0) is 38.2. The molecule has 314 valence electrons. The molecule has 12 heteroatoms. The Morgan fingerprint density at radius 2 is 1.28 bits per heavy atom. The van der Waals surface area contributed by atoms with Crippen molar-refractivity contribution < 1.29 is 44.8 Å². The number of nitrogens with zero attached hydrogens (tertiary/aromatic N) is 1. The quantitative estimate of drug-likeness (QED) is 0.0467. The van der Waals surface area contributed by atoms with Gasteiger partial charge < -0.3 is 55.1 Å². The molecule has 0 radical (unpaired) electrons. The van der Waals surface area contributed by atoms with Crippen molar-refractivity contribution in [2.45, 2.75) is 203 Å². The second-order valence-corrected chi connectivity index (χ2v) is 16.5. The fourth-order valence-electron chi connectivity index (χ4n) is 8.10. The summed E-state index contributed by atoms with van der Waals surface area (Å²) in [7, 11) is 0. The summed E-state index contributed by atoms with van der Waals surface area (Å²) in [5, 5.41) is 70.2. The van der Waals surface area contributed by atoms with E-state index in [1.807, 2.05) is 0 Å². The van der Waals surface area contributed by atoms with Gasteiger partial charge in [-0.3, -0.25) is 5.32 Å². The summed E-state index contributed by atoms with van der Waals surface area (Å²) in [5.41, 5.74) is -0.357. The summed E-state index contributed by atoms with van der Waals surface area (Å²) < 4.78 is 17.1. The Hall–Kier alpha value is -0.480. The van der Waals surface area contributed by atoms with Gasteiger partial charge in [-0.15, -0.1) is 0 Å². The maximum atomic E-state index is 11.5. The standard InChI is InChI=1S/C41H81N3O9/c1-2-3-4-5-6-7-8-9-10-13-16-19-22-34(46)36(47)33(30-52-40-39(50)38(49)37(48)35(29-45)53-40)43-41(31-51-32-41)23-20-17-14-11-12-15-18-21-26-44-27-24-42-25-28-44/h33-40,42-43,45-50H,2-32H2,1H3/t33-,34+,35?,36-,37?,38?,39?,40?/m0/s1. The SMILES string of the molecule is CCCCCCCCCCCCCC[C@@H](O)[C@@H](O)[C@H](COC1OC(CO)C(O)C(O)C1O)NC1(CCCCCCCCCCN2CCNCC2)COC1. The van der Waals surface area contributed by atoms with Crippen molar-refractivity contribution in [1.82, 2.24) is 15.5 Å². The highest BCUT2D eigenvalue weighted by molar-refractivity contribution is 4.99. The third-order valence-corrected chi connectivity index (χ3v) is 11.8. The minimum atomic E-state index is -1.55. The van der Waals surface area contributed by atoms with Crippen LogP contribution >= 0.6 is 0 Å². The normalized spacial score (nSPS) is 26.7. The third kappa shape index (κ3) is 18.1. The molecule has 3 saturated heterocycles. The number of ether oxygens (including phenoxy) is 3. The highest BCUT2D eigenvalue weighted by Crippen LogP contribution is 2.28. The van der Waals surface area contributed by atoms with E-state index in [4.69, 9.17) is 14.2 Å². The number of hydrogen-bond donors (Lipinski definition) is 8. The van der Waals surface area contributed by atoms with Gasteiger partial charge in [0.15, 0.2) is 6.29 Å². The van der Waals surface area contributed by atoms with Crippen molar-refractivity contribution >= 4 is 0 Å². The monoisotopic (exact) mass is 760 g/mol. The van der Waals surface area contributed by atoms with Crippen LogP contribution < -0.4 is 10.6 Å². The molecular formula is C41H81N3O9. The average Bonchev–Trinajstić information content (AvgIpc) is 3.15. The molecule has 3 aliphatic heterocycles. The highest BCUT2D eigenvalue weighted by Gasteiger charge is 2.46. The molecule has 0 spiro atoms. The number of hydrogen-bond acceptors (Lipinski definition) is 12. The predicted molar refractivity (Wildman–Crippen MR) is 209 cm³/mol. The molecule has 0 saturated carbocycles. The van der Waals surface area contributed by atoms with Crippen LogP contribution in [-0.4, -0.2) is 149 Å². The maximum absolute atomic E-state index is 11.5. The number of piperazine rings is 1. The lowest BCUT2D eigenvalue weighted by molar-refractivity contribution is -0.303. The van der Waals surface area contributed by atoms with Gasteiger partial charge in [-0.2, -0.15) is 0 Å². The molecule has 0 amide bonds. The van der Waals surface area contributed by atoms with Crippen LogP contribution in [0.25, 0.3) is 0 Å². The van der Waals surface area contributed by atoms with E-state index in [1.165, 1.54) is 116 Å². The van der Waals surface area contributed by atoms with Crippen LogP contribution in [0.2, 0.25) is 0 Å². The summed E-state index contributed by atoms with van der Waals surface area (Å²) in [4.78, 5) is 2.57. The average molecular weight is 760 g/mol. The van der Waals surface area contributed by atoms with E-state index in [9.17, 15) is 30.6 Å². The maximum Gasteiger partial charge on any atom is 0.186 e. The van der Waals surface area contributed by atoms with Gasteiger partial charge >= 0.3 is 0 Å². The first-order chi connectivity index (χ1) is 25.8. The second-order valence-electron chi connectivity index (χ2n) is 16.5. The lowest BCUT2D eigenvalue weighted by Gasteiger charge is -2.46. The lowest BCUT2D eigenvalue weighted by atomic mass is 9.87. The summed E-state index contributed by atoms with van der Waals surface area (Å²) >= 11 is 0. The van der Waals surface area contributed by atoms with Crippen LogP contribution in [-0.2, 0) is 14.2 Å². The van der Waals surface area contributed by atoms with E-state index in [2.05, 4.69) is 22.5 Å². The Balaban J connectivity index is 1.40. The predicted octanol–water partition coefficient (Wildman–Crippen LogP) is 3.76. The Morgan fingerprint density at radius 3 is 1.83 bits per heavy atom. The van der Waals surface area contributed by atoms with Crippen molar-refractivity contribution in [3.63, 3.8) is 0 Å². The van der Waals surface area contributed by atoms with E-state index >= 15 is 0 Å². The molecule has 3 rings (SSSR count). The number of nitrogens with one attached hydrogen (secondary N) is 2. The zero-order valence-electron chi connectivity index (χ0n) is 33.4. The first kappa shape index (κ1) is 46.9. The van der Waals surface area contributed by atoms with E-state index in [-0.39, 0.29) is 12.1 Å².